The van der Waals surface area contributed by atoms with Crippen molar-refractivity contribution in [1.29, 1.82) is 0 Å². The fourth-order valence-corrected chi connectivity index (χ4v) is 4.84. The zero-order valence-corrected chi connectivity index (χ0v) is 19.9. The minimum atomic E-state index is -4.04. The maximum absolute atomic E-state index is 13.3. The average molecular weight is 487 g/mol. The summed E-state index contributed by atoms with van der Waals surface area (Å²) in [6.45, 7) is 4.19. The van der Waals surface area contributed by atoms with Crippen LogP contribution in [0.25, 0.3) is 0 Å². The maximum Gasteiger partial charge on any atom is 0.339 e. The number of ether oxygens (including phenoxy) is 2. The van der Waals surface area contributed by atoms with Crippen LogP contribution in [0.15, 0.2) is 71.6 Å². The van der Waals surface area contributed by atoms with Crippen molar-refractivity contribution < 1.29 is 26.5 Å². The van der Waals surface area contributed by atoms with Gasteiger partial charge >= 0.3 is 10.1 Å². The maximum atomic E-state index is 13.3. The molecule has 0 amide bonds. The van der Waals surface area contributed by atoms with Gasteiger partial charge < -0.3 is 18.6 Å². The van der Waals surface area contributed by atoms with E-state index >= 15 is 0 Å². The second-order valence-electron chi connectivity index (χ2n) is 7.94. The Labute approximate surface area is 199 Å². The lowest BCUT2D eigenvalue weighted by atomic mass is 10.1. The molecule has 1 aliphatic rings. The van der Waals surface area contributed by atoms with Gasteiger partial charge in [-0.25, -0.2) is 4.39 Å². The quantitative estimate of drug-likeness (QED) is 0.447. The summed E-state index contributed by atoms with van der Waals surface area (Å²) in [5, 5.41) is 0. The number of methoxy groups -OCH3 is 2. The van der Waals surface area contributed by atoms with Gasteiger partial charge in [-0.15, -0.1) is 0 Å². The number of piperazine rings is 1. The van der Waals surface area contributed by atoms with E-state index in [1.807, 2.05) is 18.2 Å². The molecule has 9 heteroatoms. The first-order valence-electron chi connectivity index (χ1n) is 10.9. The fraction of sp³-hybridized carbons (Fsp3) is 0.280. The first kappa shape index (κ1) is 23.8. The Hall–Kier alpha value is -3.30. The molecule has 0 unspecified atom stereocenters. The Bertz CT molecular complexity index is 1230. The molecule has 0 N–H and O–H groups in total. The zero-order valence-electron chi connectivity index (χ0n) is 19.1. The smallest absolute Gasteiger partial charge is 0.339 e. The topological polar surface area (TPSA) is 68.3 Å². The van der Waals surface area contributed by atoms with Crippen LogP contribution in [0.4, 0.5) is 10.1 Å². The molecule has 180 valence electrons. The lowest BCUT2D eigenvalue weighted by Crippen LogP contribution is -2.45. The molecule has 0 radical (unpaired) electrons. The van der Waals surface area contributed by atoms with Crippen molar-refractivity contribution in [3.8, 4) is 17.2 Å². The standard InChI is InChI=1S/C25H27FN2O5S/c1-31-24-11-6-19(16-25(24)32-2)18-27-12-14-28(15-13-27)21-7-9-23(10-8-21)34(29,30)33-22-5-3-4-20(26)17-22/h3-11,16-17H,12-15,18H2,1-2H3. The van der Waals surface area contributed by atoms with E-state index in [2.05, 4.69) is 9.80 Å². The average Bonchev–Trinajstić information content (AvgIpc) is 2.84. The Morgan fingerprint density at radius 1 is 0.853 bits per heavy atom. The van der Waals surface area contributed by atoms with Crippen molar-refractivity contribution in [2.75, 3.05) is 45.3 Å². The Balaban J connectivity index is 1.35. The SMILES string of the molecule is COc1ccc(CN2CCN(c3ccc(S(=O)(=O)Oc4cccc(F)c4)cc3)CC2)cc1OC. The lowest BCUT2D eigenvalue weighted by molar-refractivity contribution is 0.249. The molecule has 34 heavy (non-hydrogen) atoms. The number of hydrogen-bond donors (Lipinski definition) is 0. The predicted octanol–water partition coefficient (Wildman–Crippen LogP) is 3.93. The lowest BCUT2D eigenvalue weighted by Gasteiger charge is -2.36. The highest BCUT2D eigenvalue weighted by molar-refractivity contribution is 7.87. The van der Waals surface area contributed by atoms with Crippen molar-refractivity contribution in [1.82, 2.24) is 4.90 Å². The third-order valence-electron chi connectivity index (χ3n) is 5.72. The molecule has 0 aromatic heterocycles. The third kappa shape index (κ3) is 5.60. The molecule has 0 aliphatic carbocycles. The third-order valence-corrected chi connectivity index (χ3v) is 6.98. The van der Waals surface area contributed by atoms with E-state index in [1.165, 1.54) is 30.3 Å². The molecule has 0 spiro atoms. The summed E-state index contributed by atoms with van der Waals surface area (Å²) in [6.07, 6.45) is 0. The molecule has 4 rings (SSSR count). The summed E-state index contributed by atoms with van der Waals surface area (Å²) < 4.78 is 54.1. The minimum Gasteiger partial charge on any atom is -0.493 e. The van der Waals surface area contributed by atoms with Gasteiger partial charge in [-0.1, -0.05) is 12.1 Å². The summed E-state index contributed by atoms with van der Waals surface area (Å²) in [6, 6.07) is 17.6. The van der Waals surface area contributed by atoms with Gasteiger partial charge in [0.15, 0.2) is 11.5 Å². The van der Waals surface area contributed by atoms with E-state index in [9.17, 15) is 12.8 Å². The number of nitrogens with zero attached hydrogens (tertiary/aromatic N) is 2. The normalized spacial score (nSPS) is 14.6. The van der Waals surface area contributed by atoms with Crippen LogP contribution in [0.5, 0.6) is 17.2 Å². The second-order valence-corrected chi connectivity index (χ2v) is 9.49. The van der Waals surface area contributed by atoms with Crippen molar-refractivity contribution >= 4 is 15.8 Å². The highest BCUT2D eigenvalue weighted by Crippen LogP contribution is 2.28. The monoisotopic (exact) mass is 486 g/mol. The molecular weight excluding hydrogens is 459 g/mol. The summed E-state index contributed by atoms with van der Waals surface area (Å²) in [4.78, 5) is 4.60. The number of hydrogen-bond acceptors (Lipinski definition) is 7. The van der Waals surface area contributed by atoms with Crippen molar-refractivity contribution in [2.24, 2.45) is 0 Å². The van der Waals surface area contributed by atoms with E-state index in [1.54, 1.807) is 26.4 Å². The van der Waals surface area contributed by atoms with E-state index < -0.39 is 15.9 Å². The number of anilines is 1. The van der Waals surface area contributed by atoms with Crippen LogP contribution in [0.1, 0.15) is 5.56 Å². The molecule has 3 aromatic carbocycles. The summed E-state index contributed by atoms with van der Waals surface area (Å²) >= 11 is 0. The van der Waals surface area contributed by atoms with Crippen LogP contribution >= 0.6 is 0 Å². The molecule has 1 saturated heterocycles. The molecule has 1 heterocycles. The van der Waals surface area contributed by atoms with E-state index in [-0.39, 0.29) is 10.6 Å². The zero-order chi connectivity index (χ0) is 24.1. The van der Waals surface area contributed by atoms with Gasteiger partial charge in [0.1, 0.15) is 16.5 Å². The van der Waals surface area contributed by atoms with Gasteiger partial charge in [-0.3, -0.25) is 4.90 Å². The van der Waals surface area contributed by atoms with Crippen LogP contribution < -0.4 is 18.6 Å². The summed E-state index contributed by atoms with van der Waals surface area (Å²) in [7, 11) is -0.794. The predicted molar refractivity (Wildman–Crippen MR) is 128 cm³/mol. The minimum absolute atomic E-state index is 0.0209. The van der Waals surface area contributed by atoms with E-state index in [0.29, 0.717) is 5.75 Å². The number of benzene rings is 3. The van der Waals surface area contributed by atoms with Crippen LogP contribution in [0, 0.1) is 5.82 Å². The fourth-order valence-electron chi connectivity index (χ4n) is 3.92. The van der Waals surface area contributed by atoms with E-state index in [0.717, 1.165) is 55.8 Å². The molecule has 7 nitrogen and oxygen atoms in total. The van der Waals surface area contributed by atoms with Gasteiger partial charge in [0.25, 0.3) is 0 Å². The molecule has 0 bridgehead atoms. The van der Waals surface area contributed by atoms with Crippen LogP contribution in [0.2, 0.25) is 0 Å². The highest BCUT2D eigenvalue weighted by atomic mass is 32.2. The van der Waals surface area contributed by atoms with Crippen molar-refractivity contribution in [2.45, 2.75) is 11.4 Å². The first-order valence-corrected chi connectivity index (χ1v) is 12.3. The van der Waals surface area contributed by atoms with Crippen LogP contribution in [0.3, 0.4) is 0 Å². The number of rotatable bonds is 8. The van der Waals surface area contributed by atoms with Gasteiger partial charge in [0.05, 0.1) is 14.2 Å². The molecule has 0 saturated carbocycles. The van der Waals surface area contributed by atoms with Gasteiger partial charge in [-0.2, -0.15) is 8.42 Å². The van der Waals surface area contributed by atoms with Crippen molar-refractivity contribution in [3.05, 3.63) is 78.1 Å². The first-order chi connectivity index (χ1) is 16.4. The van der Waals surface area contributed by atoms with Gasteiger partial charge in [0.2, 0.25) is 0 Å². The van der Waals surface area contributed by atoms with Gasteiger partial charge in [-0.05, 0) is 54.1 Å². The molecule has 1 fully saturated rings. The Morgan fingerprint density at radius 3 is 2.21 bits per heavy atom. The Morgan fingerprint density at radius 2 is 1.56 bits per heavy atom. The second kappa shape index (κ2) is 10.3. The number of halogens is 1. The largest absolute Gasteiger partial charge is 0.493 e. The highest BCUT2D eigenvalue weighted by Gasteiger charge is 2.20. The van der Waals surface area contributed by atoms with Crippen LogP contribution in [-0.4, -0.2) is 53.7 Å². The molecule has 3 aromatic rings. The molecule has 1 aliphatic heterocycles. The molecular formula is C25H27FN2O5S. The van der Waals surface area contributed by atoms with Crippen LogP contribution in [-0.2, 0) is 16.7 Å². The Kier molecular flexibility index (Phi) is 7.23. The summed E-state index contributed by atoms with van der Waals surface area (Å²) in [5.41, 5.74) is 2.09. The van der Waals surface area contributed by atoms with E-state index in [4.69, 9.17) is 13.7 Å². The summed E-state index contributed by atoms with van der Waals surface area (Å²) in [5.74, 6) is 0.806. The van der Waals surface area contributed by atoms with Gasteiger partial charge in [0, 0.05) is 44.5 Å². The molecule has 0 atom stereocenters. The van der Waals surface area contributed by atoms with Crippen molar-refractivity contribution in [3.63, 3.8) is 0 Å².